The van der Waals surface area contributed by atoms with Gasteiger partial charge in [0, 0.05) is 32.4 Å². The van der Waals surface area contributed by atoms with Crippen molar-refractivity contribution in [2.45, 2.75) is 6.18 Å². The summed E-state index contributed by atoms with van der Waals surface area (Å²) >= 11 is 6.02. The molecule has 0 saturated carbocycles. The average molecular weight is 385 g/mol. The fraction of sp³-hybridized carbons (Fsp3) is 0.357. The SMILES string of the molecule is FC(F)(F)c1cnc(N2CCN(c3ccc4nnnn4n3)CC2)c(Cl)c1. The number of anilines is 2. The molecule has 0 aliphatic carbocycles. The molecule has 1 saturated heterocycles. The number of fused-ring (bicyclic) bond motifs is 1. The maximum atomic E-state index is 12.7. The van der Waals surface area contributed by atoms with Crippen LogP contribution in [-0.2, 0) is 6.18 Å². The first-order chi connectivity index (χ1) is 12.4. The first-order valence-corrected chi connectivity index (χ1v) is 8.08. The number of hydrogen-bond donors (Lipinski definition) is 0. The smallest absolute Gasteiger partial charge is 0.352 e. The highest BCUT2D eigenvalue weighted by molar-refractivity contribution is 6.33. The van der Waals surface area contributed by atoms with Crippen molar-refractivity contribution in [2.75, 3.05) is 36.0 Å². The summed E-state index contributed by atoms with van der Waals surface area (Å²) in [5.74, 6) is 1.07. The van der Waals surface area contributed by atoms with E-state index in [0.29, 0.717) is 37.6 Å². The molecule has 0 aromatic carbocycles. The van der Waals surface area contributed by atoms with Crippen molar-refractivity contribution in [3.8, 4) is 0 Å². The number of piperazine rings is 1. The fourth-order valence-corrected chi connectivity index (χ4v) is 3.06. The maximum Gasteiger partial charge on any atom is 0.417 e. The molecule has 0 atom stereocenters. The van der Waals surface area contributed by atoms with E-state index in [1.807, 2.05) is 15.9 Å². The number of aromatic nitrogens is 6. The van der Waals surface area contributed by atoms with Gasteiger partial charge in [-0.15, -0.1) is 14.8 Å². The van der Waals surface area contributed by atoms with E-state index in [-0.39, 0.29) is 5.02 Å². The summed E-state index contributed by atoms with van der Waals surface area (Å²) < 4.78 is 39.5. The molecule has 1 fully saturated rings. The Morgan fingerprint density at radius 2 is 1.77 bits per heavy atom. The van der Waals surface area contributed by atoms with Gasteiger partial charge in [0.05, 0.1) is 10.6 Å². The number of halogens is 4. The minimum absolute atomic E-state index is 0.0125. The molecule has 0 N–H and O–H groups in total. The Balaban J connectivity index is 1.48. The Hall–Kier alpha value is -2.69. The summed E-state index contributed by atoms with van der Waals surface area (Å²) in [4.78, 5) is 7.80. The molecule has 0 amide bonds. The van der Waals surface area contributed by atoms with E-state index >= 15 is 0 Å². The highest BCUT2D eigenvalue weighted by atomic mass is 35.5. The van der Waals surface area contributed by atoms with Gasteiger partial charge in [-0.3, -0.25) is 0 Å². The van der Waals surface area contributed by atoms with E-state index in [1.54, 1.807) is 6.07 Å². The minimum Gasteiger partial charge on any atom is -0.352 e. The van der Waals surface area contributed by atoms with Crippen LogP contribution in [0.4, 0.5) is 24.8 Å². The van der Waals surface area contributed by atoms with Crippen LogP contribution in [0.2, 0.25) is 5.02 Å². The average Bonchev–Trinajstić information content (AvgIpc) is 3.09. The molecule has 0 bridgehead atoms. The number of pyridine rings is 1. The molecular weight excluding hydrogens is 373 g/mol. The molecular formula is C14H12ClF3N8. The topological polar surface area (TPSA) is 75.3 Å². The third kappa shape index (κ3) is 3.09. The number of nitrogens with zero attached hydrogens (tertiary/aromatic N) is 8. The Kier molecular flexibility index (Phi) is 4.02. The van der Waals surface area contributed by atoms with Crippen molar-refractivity contribution >= 4 is 28.9 Å². The van der Waals surface area contributed by atoms with E-state index in [0.717, 1.165) is 18.1 Å². The number of hydrogen-bond acceptors (Lipinski definition) is 7. The van der Waals surface area contributed by atoms with Crippen LogP contribution in [0.3, 0.4) is 0 Å². The molecule has 4 heterocycles. The number of tetrazole rings is 1. The van der Waals surface area contributed by atoms with Gasteiger partial charge in [-0.05, 0) is 28.6 Å². The lowest BCUT2D eigenvalue weighted by Gasteiger charge is -2.36. The van der Waals surface area contributed by atoms with Crippen molar-refractivity contribution in [1.29, 1.82) is 0 Å². The Morgan fingerprint density at radius 3 is 2.46 bits per heavy atom. The zero-order chi connectivity index (χ0) is 18.3. The van der Waals surface area contributed by atoms with Crippen molar-refractivity contribution in [3.63, 3.8) is 0 Å². The lowest BCUT2D eigenvalue weighted by Crippen LogP contribution is -2.47. The van der Waals surface area contributed by atoms with Crippen LogP contribution in [0.1, 0.15) is 5.56 Å². The van der Waals surface area contributed by atoms with Crippen LogP contribution in [0, 0.1) is 0 Å². The first-order valence-electron chi connectivity index (χ1n) is 7.70. The summed E-state index contributed by atoms with van der Waals surface area (Å²) in [6, 6.07) is 4.50. The molecule has 26 heavy (non-hydrogen) atoms. The molecule has 136 valence electrons. The van der Waals surface area contributed by atoms with Crippen molar-refractivity contribution < 1.29 is 13.2 Å². The molecule has 1 aliphatic heterocycles. The second-order valence-corrected chi connectivity index (χ2v) is 6.13. The fourth-order valence-electron chi connectivity index (χ4n) is 2.77. The van der Waals surface area contributed by atoms with E-state index < -0.39 is 11.7 Å². The quantitative estimate of drug-likeness (QED) is 0.668. The van der Waals surface area contributed by atoms with Crippen LogP contribution in [0.25, 0.3) is 5.65 Å². The van der Waals surface area contributed by atoms with Crippen LogP contribution in [-0.4, -0.2) is 56.4 Å². The Labute approximate surface area is 150 Å². The van der Waals surface area contributed by atoms with Crippen LogP contribution >= 0.6 is 11.6 Å². The third-order valence-electron chi connectivity index (χ3n) is 4.11. The van der Waals surface area contributed by atoms with Crippen LogP contribution < -0.4 is 9.80 Å². The molecule has 3 aromatic rings. The molecule has 4 rings (SSSR count). The summed E-state index contributed by atoms with van der Waals surface area (Å²) in [6.07, 6.45) is -3.66. The summed E-state index contributed by atoms with van der Waals surface area (Å²) in [6.45, 7) is 2.32. The lowest BCUT2D eigenvalue weighted by molar-refractivity contribution is -0.137. The lowest BCUT2D eigenvalue weighted by atomic mass is 10.2. The highest BCUT2D eigenvalue weighted by Crippen LogP contribution is 2.33. The highest BCUT2D eigenvalue weighted by Gasteiger charge is 2.32. The summed E-state index contributed by atoms with van der Waals surface area (Å²) in [5.41, 5.74) is -0.308. The molecule has 8 nitrogen and oxygen atoms in total. The zero-order valence-corrected chi connectivity index (χ0v) is 14.0. The Bertz CT molecular complexity index is 935. The summed E-state index contributed by atoms with van der Waals surface area (Å²) in [5, 5.41) is 15.4. The van der Waals surface area contributed by atoms with Crippen LogP contribution in [0.5, 0.6) is 0 Å². The second-order valence-electron chi connectivity index (χ2n) is 5.72. The molecule has 0 radical (unpaired) electrons. The first kappa shape index (κ1) is 16.8. The zero-order valence-electron chi connectivity index (χ0n) is 13.2. The van der Waals surface area contributed by atoms with Gasteiger partial charge < -0.3 is 9.80 Å². The largest absolute Gasteiger partial charge is 0.417 e. The second kappa shape index (κ2) is 6.24. The molecule has 3 aromatic heterocycles. The standard InChI is InChI=1S/C14H12ClF3N8/c15-10-7-9(14(16,17)18)8-19-13(10)25-5-3-24(4-6-25)12-2-1-11-20-22-23-26(11)21-12/h1-2,7-8H,3-6H2. The third-order valence-corrected chi connectivity index (χ3v) is 4.39. The van der Waals surface area contributed by atoms with Gasteiger partial charge in [0.15, 0.2) is 11.5 Å². The minimum atomic E-state index is -4.46. The van der Waals surface area contributed by atoms with Crippen molar-refractivity contribution in [1.82, 2.24) is 30.2 Å². The van der Waals surface area contributed by atoms with Gasteiger partial charge in [0.2, 0.25) is 0 Å². The van der Waals surface area contributed by atoms with E-state index in [4.69, 9.17) is 11.6 Å². The van der Waals surface area contributed by atoms with Gasteiger partial charge in [0.1, 0.15) is 5.82 Å². The number of rotatable bonds is 2. The monoisotopic (exact) mass is 384 g/mol. The van der Waals surface area contributed by atoms with Crippen LogP contribution in [0.15, 0.2) is 24.4 Å². The summed E-state index contributed by atoms with van der Waals surface area (Å²) in [7, 11) is 0. The number of alkyl halides is 3. The van der Waals surface area contributed by atoms with E-state index in [9.17, 15) is 13.2 Å². The van der Waals surface area contributed by atoms with Gasteiger partial charge in [-0.2, -0.15) is 13.2 Å². The Morgan fingerprint density at radius 1 is 1.04 bits per heavy atom. The van der Waals surface area contributed by atoms with E-state index in [2.05, 4.69) is 25.6 Å². The van der Waals surface area contributed by atoms with Gasteiger partial charge in [-0.1, -0.05) is 11.6 Å². The van der Waals surface area contributed by atoms with Crippen molar-refractivity contribution in [3.05, 3.63) is 35.0 Å². The predicted octanol–water partition coefficient (Wildman–Crippen LogP) is 1.91. The maximum absolute atomic E-state index is 12.7. The van der Waals surface area contributed by atoms with Gasteiger partial charge >= 0.3 is 6.18 Å². The molecule has 1 aliphatic rings. The van der Waals surface area contributed by atoms with E-state index in [1.165, 1.54) is 4.63 Å². The van der Waals surface area contributed by atoms with Crippen molar-refractivity contribution in [2.24, 2.45) is 0 Å². The van der Waals surface area contributed by atoms with Gasteiger partial charge in [0.25, 0.3) is 0 Å². The molecule has 12 heteroatoms. The normalized spacial score (nSPS) is 15.7. The molecule has 0 unspecified atom stereocenters. The molecule has 0 spiro atoms. The predicted molar refractivity (Wildman–Crippen MR) is 87.3 cm³/mol. The van der Waals surface area contributed by atoms with Gasteiger partial charge in [-0.25, -0.2) is 4.98 Å².